The first-order valence-corrected chi connectivity index (χ1v) is 15.2. The molecule has 0 amide bonds. The molecule has 0 radical (unpaired) electrons. The third kappa shape index (κ3) is 3.17. The van der Waals surface area contributed by atoms with E-state index < -0.39 is 0 Å². The van der Waals surface area contributed by atoms with Crippen LogP contribution in [-0.4, -0.2) is 4.98 Å². The van der Waals surface area contributed by atoms with E-state index in [1.165, 1.54) is 97.6 Å². The van der Waals surface area contributed by atoms with Crippen molar-refractivity contribution in [2.45, 2.75) is 12.8 Å². The van der Waals surface area contributed by atoms with E-state index in [4.69, 9.17) is 0 Å². The van der Waals surface area contributed by atoms with Crippen molar-refractivity contribution in [2.75, 3.05) is 0 Å². The van der Waals surface area contributed by atoms with Crippen molar-refractivity contribution in [1.29, 1.82) is 0 Å². The Bertz CT molecular complexity index is 2730. The van der Waals surface area contributed by atoms with Gasteiger partial charge in [0.1, 0.15) is 0 Å². The molecule has 0 bridgehead atoms. The first kappa shape index (κ1) is 23.2. The van der Waals surface area contributed by atoms with Crippen LogP contribution >= 0.6 is 0 Å². The lowest BCUT2D eigenvalue weighted by Crippen LogP contribution is -1.98. The molecule has 0 saturated carbocycles. The Morgan fingerprint density at radius 3 is 1.98 bits per heavy atom. The molecule has 10 rings (SSSR count). The van der Waals surface area contributed by atoms with Gasteiger partial charge in [-0.1, -0.05) is 122 Å². The summed E-state index contributed by atoms with van der Waals surface area (Å²) in [6, 6.07) is 50.0. The molecule has 1 atom stereocenters. The number of nitrogens with one attached hydrogen (secondary N) is 1. The van der Waals surface area contributed by atoms with Crippen LogP contribution in [0.2, 0.25) is 0 Å². The molecule has 1 unspecified atom stereocenters. The largest absolute Gasteiger partial charge is 0.354 e. The molecule has 0 aliphatic carbocycles. The summed E-state index contributed by atoms with van der Waals surface area (Å²) >= 11 is 0. The van der Waals surface area contributed by atoms with Gasteiger partial charge in [-0.3, -0.25) is 0 Å². The first-order valence-electron chi connectivity index (χ1n) is 15.2. The van der Waals surface area contributed by atoms with Crippen LogP contribution in [0.3, 0.4) is 0 Å². The van der Waals surface area contributed by atoms with E-state index in [1.807, 2.05) is 0 Å². The highest BCUT2D eigenvalue weighted by Gasteiger charge is 2.17. The minimum atomic E-state index is 0.267. The highest BCUT2D eigenvalue weighted by atomic mass is 14.7. The first-order chi connectivity index (χ1) is 21.2. The molecule has 1 heterocycles. The molecular weight excluding hydrogens is 518 g/mol. The van der Waals surface area contributed by atoms with Gasteiger partial charge in [0, 0.05) is 27.7 Å². The van der Waals surface area contributed by atoms with Crippen LogP contribution in [-0.2, 0) is 0 Å². The molecule has 9 aromatic carbocycles. The van der Waals surface area contributed by atoms with E-state index in [0.717, 1.165) is 0 Å². The quantitative estimate of drug-likeness (QED) is 0.208. The Morgan fingerprint density at radius 1 is 0.395 bits per heavy atom. The minimum Gasteiger partial charge on any atom is -0.354 e. The van der Waals surface area contributed by atoms with Crippen LogP contribution in [0.1, 0.15) is 24.0 Å². The van der Waals surface area contributed by atoms with Gasteiger partial charge in [-0.15, -0.1) is 0 Å². The third-order valence-electron chi connectivity index (χ3n) is 9.99. The SMILES string of the molecule is CC(c1ccc2c(ccc3[nH]c4cc5ccc6ccccc6c5cc4c32)c1)c1ccc2ccc3cccc4ccc1c2c34. The smallest absolute Gasteiger partial charge is 0.0471 e. The van der Waals surface area contributed by atoms with Gasteiger partial charge in [-0.05, 0) is 94.0 Å². The van der Waals surface area contributed by atoms with Crippen LogP contribution in [0.5, 0.6) is 0 Å². The Morgan fingerprint density at radius 2 is 1.07 bits per heavy atom. The van der Waals surface area contributed by atoms with Gasteiger partial charge in [0.25, 0.3) is 0 Å². The molecule has 0 aliphatic heterocycles. The molecular formula is C42H27N. The second kappa shape index (κ2) is 8.33. The summed E-state index contributed by atoms with van der Waals surface area (Å²) in [6.45, 7) is 2.36. The van der Waals surface area contributed by atoms with Crippen molar-refractivity contribution in [3.63, 3.8) is 0 Å². The van der Waals surface area contributed by atoms with Gasteiger partial charge in [0.05, 0.1) is 0 Å². The average molecular weight is 546 g/mol. The summed E-state index contributed by atoms with van der Waals surface area (Å²) in [5.41, 5.74) is 5.11. The second-order valence-corrected chi connectivity index (χ2v) is 12.2. The van der Waals surface area contributed by atoms with Crippen LogP contribution in [0, 0.1) is 0 Å². The fraction of sp³-hybridized carbons (Fsp3) is 0.0476. The average Bonchev–Trinajstić information content (AvgIpc) is 3.43. The highest BCUT2D eigenvalue weighted by Crippen LogP contribution is 2.41. The van der Waals surface area contributed by atoms with E-state index >= 15 is 0 Å². The number of benzene rings is 9. The van der Waals surface area contributed by atoms with E-state index in [2.05, 4.69) is 145 Å². The zero-order chi connectivity index (χ0) is 28.2. The fourth-order valence-corrected chi connectivity index (χ4v) is 7.84. The van der Waals surface area contributed by atoms with Crippen LogP contribution in [0.4, 0.5) is 0 Å². The lowest BCUT2D eigenvalue weighted by molar-refractivity contribution is 0.936. The summed E-state index contributed by atoms with van der Waals surface area (Å²) < 4.78 is 0. The number of rotatable bonds is 2. The number of hydrogen-bond donors (Lipinski definition) is 1. The van der Waals surface area contributed by atoms with Crippen molar-refractivity contribution in [2.24, 2.45) is 0 Å². The van der Waals surface area contributed by atoms with Crippen LogP contribution in [0.15, 0.2) is 133 Å². The normalized spacial score (nSPS) is 13.1. The molecule has 0 aliphatic rings. The lowest BCUT2D eigenvalue weighted by Gasteiger charge is -2.19. The zero-order valence-corrected chi connectivity index (χ0v) is 23.8. The Kier molecular flexibility index (Phi) is 4.50. The molecule has 1 N–H and O–H groups in total. The summed E-state index contributed by atoms with van der Waals surface area (Å²) in [4.78, 5) is 3.72. The van der Waals surface area contributed by atoms with Crippen molar-refractivity contribution in [3.05, 3.63) is 145 Å². The van der Waals surface area contributed by atoms with E-state index in [1.54, 1.807) is 0 Å². The van der Waals surface area contributed by atoms with E-state index in [0.29, 0.717) is 0 Å². The summed E-state index contributed by atoms with van der Waals surface area (Å²) in [5.74, 6) is 0.267. The number of aromatic nitrogens is 1. The Labute approximate surface area is 248 Å². The van der Waals surface area contributed by atoms with Gasteiger partial charge in [0.2, 0.25) is 0 Å². The molecule has 43 heavy (non-hydrogen) atoms. The Hall–Kier alpha value is -5.40. The molecule has 0 fully saturated rings. The predicted molar refractivity (Wildman–Crippen MR) is 186 cm³/mol. The maximum absolute atomic E-state index is 3.72. The van der Waals surface area contributed by atoms with Gasteiger partial charge >= 0.3 is 0 Å². The molecule has 0 spiro atoms. The molecule has 10 aromatic rings. The van der Waals surface area contributed by atoms with Gasteiger partial charge < -0.3 is 4.98 Å². The van der Waals surface area contributed by atoms with Crippen LogP contribution < -0.4 is 0 Å². The lowest BCUT2D eigenvalue weighted by atomic mass is 9.85. The van der Waals surface area contributed by atoms with Gasteiger partial charge in [-0.25, -0.2) is 0 Å². The summed E-state index contributed by atoms with van der Waals surface area (Å²) in [5, 5.41) is 18.4. The van der Waals surface area contributed by atoms with Crippen molar-refractivity contribution in [1.82, 2.24) is 4.98 Å². The van der Waals surface area contributed by atoms with Crippen LogP contribution in [0.25, 0.3) is 86.4 Å². The van der Waals surface area contributed by atoms with Crippen molar-refractivity contribution >= 4 is 86.4 Å². The Balaban J connectivity index is 1.17. The molecule has 1 nitrogen and oxygen atoms in total. The standard InChI is InChI=1S/C42H27N/c1-24(32-17-13-28-11-10-26-6-4-7-27-14-19-35(32)41(28)40(26)27)29-15-18-34-30(21-29)16-20-38-42(34)37-23-36-31(22-39(37)43-38)12-9-25-5-2-3-8-33(25)36/h2-24,43H,1H3. The third-order valence-corrected chi connectivity index (χ3v) is 9.99. The number of aromatic amines is 1. The highest BCUT2D eigenvalue weighted by molar-refractivity contribution is 6.25. The maximum atomic E-state index is 3.72. The van der Waals surface area contributed by atoms with Gasteiger partial charge in [0.15, 0.2) is 0 Å². The molecule has 1 aromatic heterocycles. The number of H-pyrrole nitrogens is 1. The van der Waals surface area contributed by atoms with Crippen molar-refractivity contribution < 1.29 is 0 Å². The summed E-state index contributed by atoms with van der Waals surface area (Å²) in [7, 11) is 0. The fourth-order valence-electron chi connectivity index (χ4n) is 7.84. The minimum absolute atomic E-state index is 0.267. The van der Waals surface area contributed by atoms with Gasteiger partial charge in [-0.2, -0.15) is 0 Å². The summed E-state index contributed by atoms with van der Waals surface area (Å²) in [6.07, 6.45) is 0. The maximum Gasteiger partial charge on any atom is 0.0471 e. The monoisotopic (exact) mass is 545 g/mol. The zero-order valence-electron chi connectivity index (χ0n) is 23.8. The van der Waals surface area contributed by atoms with Crippen molar-refractivity contribution in [3.8, 4) is 0 Å². The molecule has 200 valence electrons. The molecule has 1 heteroatoms. The topological polar surface area (TPSA) is 15.8 Å². The van der Waals surface area contributed by atoms with E-state index in [9.17, 15) is 0 Å². The molecule has 0 saturated heterocycles. The second-order valence-electron chi connectivity index (χ2n) is 12.2. The predicted octanol–water partition coefficient (Wildman–Crippen LogP) is 11.8. The van der Waals surface area contributed by atoms with E-state index in [-0.39, 0.29) is 5.92 Å². The number of fused-ring (bicyclic) bond motifs is 8. The number of hydrogen-bond acceptors (Lipinski definition) is 0.